The quantitative estimate of drug-likeness (QED) is 0.783. The highest BCUT2D eigenvalue weighted by atomic mass is 32.2. The van der Waals surface area contributed by atoms with Crippen molar-refractivity contribution in [3.8, 4) is 0 Å². The van der Waals surface area contributed by atoms with Crippen LogP contribution < -0.4 is 4.90 Å². The zero-order valence-corrected chi connectivity index (χ0v) is 17.1. The third kappa shape index (κ3) is 3.53. The Bertz CT molecular complexity index is 958. The van der Waals surface area contributed by atoms with E-state index < -0.39 is 10.0 Å². The lowest BCUT2D eigenvalue weighted by Crippen LogP contribution is -2.36. The van der Waals surface area contributed by atoms with Crippen LogP contribution in [0.15, 0.2) is 33.6 Å². The Hall–Kier alpha value is -2.12. The monoisotopic (exact) mass is 390 g/mol. The van der Waals surface area contributed by atoms with Crippen molar-refractivity contribution in [2.75, 3.05) is 24.5 Å². The summed E-state index contributed by atoms with van der Waals surface area (Å²) in [5, 5.41) is 0. The first kappa shape index (κ1) is 19.6. The van der Waals surface area contributed by atoms with Gasteiger partial charge in [-0.2, -0.15) is 4.31 Å². The minimum atomic E-state index is -3.51. The number of benzene rings is 1. The van der Waals surface area contributed by atoms with Gasteiger partial charge in [0.05, 0.1) is 10.5 Å². The van der Waals surface area contributed by atoms with Gasteiger partial charge in [-0.15, -0.1) is 0 Å². The van der Waals surface area contributed by atoms with Crippen LogP contribution in [0.5, 0.6) is 0 Å². The smallest absolute Gasteiger partial charge is 0.261 e. The van der Waals surface area contributed by atoms with Crippen molar-refractivity contribution < 1.29 is 17.6 Å². The topological polar surface area (TPSA) is 70.8 Å². The Labute approximate surface area is 160 Å². The Morgan fingerprint density at radius 2 is 1.89 bits per heavy atom. The maximum Gasteiger partial charge on any atom is 0.261 e. The average Bonchev–Trinajstić information content (AvgIpc) is 2.99. The van der Waals surface area contributed by atoms with Crippen LogP contribution in [0.1, 0.15) is 47.7 Å². The molecule has 0 saturated carbocycles. The standard InChI is InChI=1S/C20H26N2O4S/c1-5-21(6-2)27(24,25)17-9-10-19-16(13-17)8-7-11-22(19)20(23)18-12-14(3)26-15(18)4/h9-10,12-13H,5-8,11H2,1-4H3. The van der Waals surface area contributed by atoms with Crippen LogP contribution in [0.25, 0.3) is 0 Å². The first-order valence-electron chi connectivity index (χ1n) is 9.31. The van der Waals surface area contributed by atoms with Crippen molar-refractivity contribution in [2.45, 2.75) is 45.4 Å². The summed E-state index contributed by atoms with van der Waals surface area (Å²) >= 11 is 0. The van der Waals surface area contributed by atoms with Gasteiger partial charge in [0, 0.05) is 25.3 Å². The van der Waals surface area contributed by atoms with Crippen LogP contribution in [-0.2, 0) is 16.4 Å². The number of hydrogen-bond donors (Lipinski definition) is 0. The van der Waals surface area contributed by atoms with Gasteiger partial charge in [0.25, 0.3) is 5.91 Å². The lowest BCUT2D eigenvalue weighted by molar-refractivity contribution is 0.0983. The lowest BCUT2D eigenvalue weighted by Gasteiger charge is -2.30. The van der Waals surface area contributed by atoms with Gasteiger partial charge in [0.1, 0.15) is 11.5 Å². The van der Waals surface area contributed by atoms with Crippen LogP contribution in [0, 0.1) is 13.8 Å². The Morgan fingerprint density at radius 3 is 2.48 bits per heavy atom. The van der Waals surface area contributed by atoms with Crippen molar-refractivity contribution in [3.05, 3.63) is 46.9 Å². The zero-order chi connectivity index (χ0) is 19.8. The van der Waals surface area contributed by atoms with Gasteiger partial charge in [0.15, 0.2) is 0 Å². The molecule has 2 aromatic rings. The number of carbonyl (C=O) groups is 1. The van der Waals surface area contributed by atoms with Crippen LogP contribution in [0.4, 0.5) is 5.69 Å². The van der Waals surface area contributed by atoms with Crippen LogP contribution in [0.2, 0.25) is 0 Å². The van der Waals surface area contributed by atoms with E-state index in [0.717, 1.165) is 24.1 Å². The number of furan rings is 1. The largest absolute Gasteiger partial charge is 0.466 e. The van der Waals surface area contributed by atoms with Gasteiger partial charge in [-0.1, -0.05) is 13.8 Å². The summed E-state index contributed by atoms with van der Waals surface area (Å²) in [6.45, 7) is 8.73. The molecule has 146 valence electrons. The second-order valence-corrected chi connectivity index (χ2v) is 8.71. The van der Waals surface area contributed by atoms with Crippen molar-refractivity contribution in [3.63, 3.8) is 0 Å². The molecule has 0 N–H and O–H groups in total. The Morgan fingerprint density at radius 1 is 1.19 bits per heavy atom. The number of sulfonamides is 1. The second-order valence-electron chi connectivity index (χ2n) is 6.77. The van der Waals surface area contributed by atoms with E-state index in [1.165, 1.54) is 4.31 Å². The Balaban J connectivity index is 1.98. The molecular weight excluding hydrogens is 364 g/mol. The summed E-state index contributed by atoms with van der Waals surface area (Å²) in [7, 11) is -3.51. The van der Waals surface area contributed by atoms with E-state index in [2.05, 4.69) is 0 Å². The summed E-state index contributed by atoms with van der Waals surface area (Å²) in [6, 6.07) is 6.83. The van der Waals surface area contributed by atoms with E-state index in [1.807, 2.05) is 20.8 Å². The summed E-state index contributed by atoms with van der Waals surface area (Å²) < 4.78 is 32.5. The molecule has 0 bridgehead atoms. The lowest BCUT2D eigenvalue weighted by atomic mass is 10.0. The third-order valence-electron chi connectivity index (χ3n) is 5.03. The minimum Gasteiger partial charge on any atom is -0.466 e. The number of fused-ring (bicyclic) bond motifs is 1. The number of carbonyl (C=O) groups excluding carboxylic acids is 1. The van der Waals surface area contributed by atoms with Crippen molar-refractivity contribution in [2.24, 2.45) is 0 Å². The van der Waals surface area contributed by atoms with Crippen molar-refractivity contribution in [1.29, 1.82) is 0 Å². The van der Waals surface area contributed by atoms with Crippen molar-refractivity contribution in [1.82, 2.24) is 4.31 Å². The van der Waals surface area contributed by atoms with Gasteiger partial charge < -0.3 is 9.32 Å². The van der Waals surface area contributed by atoms with E-state index in [1.54, 1.807) is 36.1 Å². The van der Waals surface area contributed by atoms with Gasteiger partial charge in [0.2, 0.25) is 10.0 Å². The molecule has 0 atom stereocenters. The molecule has 1 amide bonds. The number of aryl methyl sites for hydroxylation is 3. The molecule has 0 radical (unpaired) electrons. The Kier molecular flexibility index (Phi) is 5.44. The second kappa shape index (κ2) is 7.48. The number of rotatable bonds is 5. The molecule has 0 fully saturated rings. The van der Waals surface area contributed by atoms with Crippen LogP contribution in [-0.4, -0.2) is 38.3 Å². The summed E-state index contributed by atoms with van der Waals surface area (Å²) in [5.74, 6) is 1.20. The molecule has 0 unspecified atom stereocenters. The van der Waals surface area contributed by atoms with E-state index in [0.29, 0.717) is 36.7 Å². The fraction of sp³-hybridized carbons (Fsp3) is 0.450. The van der Waals surface area contributed by atoms with Gasteiger partial charge in [-0.3, -0.25) is 4.79 Å². The molecule has 1 aromatic carbocycles. The number of nitrogens with zero attached hydrogens (tertiary/aromatic N) is 2. The fourth-order valence-electron chi connectivity index (χ4n) is 3.65. The summed E-state index contributed by atoms with van der Waals surface area (Å²) in [6.07, 6.45) is 1.55. The molecule has 0 saturated heterocycles. The molecule has 0 aliphatic carbocycles. The third-order valence-corrected chi connectivity index (χ3v) is 7.08. The van der Waals surface area contributed by atoms with E-state index in [-0.39, 0.29) is 10.8 Å². The molecule has 27 heavy (non-hydrogen) atoms. The number of amides is 1. The normalized spacial score (nSPS) is 14.5. The highest BCUT2D eigenvalue weighted by Crippen LogP contribution is 2.32. The molecule has 0 spiro atoms. The van der Waals surface area contributed by atoms with Gasteiger partial charge >= 0.3 is 0 Å². The average molecular weight is 391 g/mol. The molecule has 1 aliphatic rings. The number of hydrogen-bond acceptors (Lipinski definition) is 4. The molecule has 1 aromatic heterocycles. The summed E-state index contributed by atoms with van der Waals surface area (Å²) in [5.41, 5.74) is 2.23. The minimum absolute atomic E-state index is 0.107. The molecule has 2 heterocycles. The molecule has 1 aliphatic heterocycles. The maximum absolute atomic E-state index is 13.0. The number of anilines is 1. The summed E-state index contributed by atoms with van der Waals surface area (Å²) in [4.78, 5) is 15.0. The SMILES string of the molecule is CCN(CC)S(=O)(=O)c1ccc2c(c1)CCCN2C(=O)c1cc(C)oc1C. The predicted octanol–water partition coefficient (Wildman–Crippen LogP) is 3.52. The van der Waals surface area contributed by atoms with Crippen LogP contribution >= 0.6 is 0 Å². The first-order valence-corrected chi connectivity index (χ1v) is 10.8. The molecule has 3 rings (SSSR count). The van der Waals surface area contributed by atoms with E-state index in [9.17, 15) is 13.2 Å². The highest BCUT2D eigenvalue weighted by molar-refractivity contribution is 7.89. The maximum atomic E-state index is 13.0. The molecule has 6 nitrogen and oxygen atoms in total. The highest BCUT2D eigenvalue weighted by Gasteiger charge is 2.28. The van der Waals surface area contributed by atoms with Gasteiger partial charge in [-0.05, 0) is 56.5 Å². The van der Waals surface area contributed by atoms with Crippen molar-refractivity contribution >= 4 is 21.6 Å². The van der Waals surface area contributed by atoms with E-state index >= 15 is 0 Å². The van der Waals surface area contributed by atoms with Crippen LogP contribution in [0.3, 0.4) is 0 Å². The fourth-order valence-corrected chi connectivity index (χ4v) is 5.16. The van der Waals surface area contributed by atoms with E-state index in [4.69, 9.17) is 4.42 Å². The molecular formula is C20H26N2O4S. The first-order chi connectivity index (χ1) is 12.8. The zero-order valence-electron chi connectivity index (χ0n) is 16.3. The predicted molar refractivity (Wildman–Crippen MR) is 105 cm³/mol. The molecule has 7 heteroatoms. The van der Waals surface area contributed by atoms with Gasteiger partial charge in [-0.25, -0.2) is 8.42 Å².